The first-order chi connectivity index (χ1) is 16.1. The largest absolute Gasteiger partial charge is 0.508 e. The molecule has 0 saturated carbocycles. The van der Waals surface area contributed by atoms with Gasteiger partial charge < -0.3 is 13.9 Å². The lowest BCUT2D eigenvalue weighted by Crippen LogP contribution is -2.05. The Bertz CT molecular complexity index is 1820. The molecule has 0 radical (unpaired) electrons. The molecule has 5 heteroatoms. The number of aromatic hydroxyl groups is 1. The zero-order valence-electron chi connectivity index (χ0n) is 17.2. The van der Waals surface area contributed by atoms with Crippen LogP contribution in [0.2, 0.25) is 0 Å². The summed E-state index contributed by atoms with van der Waals surface area (Å²) in [5.74, 6) is 0.00860. The molecule has 2 aromatic heterocycles. The van der Waals surface area contributed by atoms with Crippen LogP contribution in [0.3, 0.4) is 0 Å². The first kappa shape index (κ1) is 19.1. The van der Waals surface area contributed by atoms with E-state index in [-0.39, 0.29) is 16.9 Å². The molecule has 0 spiro atoms. The molecule has 1 N–H and O–H groups in total. The fourth-order valence-electron chi connectivity index (χ4n) is 4.37. The molecule has 158 valence electrons. The highest BCUT2D eigenvalue weighted by Gasteiger charge is 2.17. The van der Waals surface area contributed by atoms with Crippen molar-refractivity contribution in [3.63, 3.8) is 0 Å². The number of hydrogen-bond donors (Lipinski definition) is 1. The summed E-state index contributed by atoms with van der Waals surface area (Å²) in [4.78, 5) is 25.5. The van der Waals surface area contributed by atoms with Crippen molar-refractivity contribution in [3.05, 3.63) is 112 Å². The summed E-state index contributed by atoms with van der Waals surface area (Å²) in [6.07, 6.45) is 0. The zero-order chi connectivity index (χ0) is 22.5. The molecule has 33 heavy (non-hydrogen) atoms. The van der Waals surface area contributed by atoms with Crippen LogP contribution in [0.25, 0.3) is 55.0 Å². The van der Waals surface area contributed by atoms with Crippen molar-refractivity contribution in [3.8, 4) is 28.0 Å². The topological polar surface area (TPSA) is 80.6 Å². The molecule has 0 aliphatic heterocycles. The normalized spacial score (nSPS) is 11.4. The highest BCUT2D eigenvalue weighted by molar-refractivity contribution is 6.07. The number of fused-ring (bicyclic) bond motifs is 3. The van der Waals surface area contributed by atoms with Crippen molar-refractivity contribution in [2.75, 3.05) is 0 Å². The Morgan fingerprint density at radius 3 is 2.24 bits per heavy atom. The van der Waals surface area contributed by atoms with Gasteiger partial charge in [-0.05, 0) is 34.5 Å². The molecule has 0 fully saturated rings. The lowest BCUT2D eigenvalue weighted by Gasteiger charge is -2.11. The van der Waals surface area contributed by atoms with Crippen LogP contribution in [0.4, 0.5) is 0 Å². The molecule has 0 atom stereocenters. The minimum atomic E-state index is -0.584. The van der Waals surface area contributed by atoms with Crippen molar-refractivity contribution < 1.29 is 13.9 Å². The van der Waals surface area contributed by atoms with Crippen LogP contribution in [0.1, 0.15) is 0 Å². The van der Waals surface area contributed by atoms with E-state index in [1.807, 2.05) is 54.6 Å². The Balaban J connectivity index is 1.67. The summed E-state index contributed by atoms with van der Waals surface area (Å²) in [6, 6.07) is 27.1. The lowest BCUT2D eigenvalue weighted by atomic mass is 9.94. The molecule has 4 aromatic carbocycles. The van der Waals surface area contributed by atoms with Gasteiger partial charge in [-0.2, -0.15) is 0 Å². The van der Waals surface area contributed by atoms with E-state index in [4.69, 9.17) is 8.83 Å². The number of para-hydroxylation sites is 1. The Labute approximate surface area is 186 Å². The van der Waals surface area contributed by atoms with Crippen molar-refractivity contribution >= 4 is 32.7 Å². The third kappa shape index (κ3) is 3.10. The van der Waals surface area contributed by atoms with E-state index in [1.165, 1.54) is 18.2 Å². The van der Waals surface area contributed by atoms with Crippen LogP contribution >= 0.6 is 0 Å². The van der Waals surface area contributed by atoms with Crippen LogP contribution in [0, 0.1) is 0 Å². The number of benzene rings is 4. The summed E-state index contributed by atoms with van der Waals surface area (Å²) >= 11 is 0. The van der Waals surface area contributed by atoms with Crippen molar-refractivity contribution in [1.82, 2.24) is 0 Å². The number of rotatable bonds is 2. The summed E-state index contributed by atoms with van der Waals surface area (Å²) in [5, 5.41) is 13.1. The van der Waals surface area contributed by atoms with Crippen molar-refractivity contribution in [1.29, 1.82) is 0 Å². The van der Waals surface area contributed by atoms with Gasteiger partial charge in [-0.3, -0.25) is 0 Å². The van der Waals surface area contributed by atoms with Gasteiger partial charge in [0.15, 0.2) is 0 Å². The number of hydrogen-bond acceptors (Lipinski definition) is 5. The van der Waals surface area contributed by atoms with Gasteiger partial charge in [0, 0.05) is 34.0 Å². The van der Waals surface area contributed by atoms with E-state index < -0.39 is 11.3 Å². The maximum Gasteiger partial charge on any atom is 0.344 e. The third-order valence-corrected chi connectivity index (χ3v) is 5.86. The Morgan fingerprint density at radius 1 is 0.576 bits per heavy atom. The number of phenols is 1. The minimum absolute atomic E-state index is 0.00860. The van der Waals surface area contributed by atoms with Crippen LogP contribution < -0.4 is 11.3 Å². The minimum Gasteiger partial charge on any atom is -0.508 e. The van der Waals surface area contributed by atoms with E-state index >= 15 is 0 Å². The van der Waals surface area contributed by atoms with E-state index in [9.17, 15) is 14.7 Å². The predicted octanol–water partition coefficient (Wildman–Crippen LogP) is 6.09. The molecule has 6 aromatic rings. The average Bonchev–Trinajstić information content (AvgIpc) is 2.82. The fraction of sp³-hybridized carbons (Fsp3) is 0. The summed E-state index contributed by atoms with van der Waals surface area (Å²) < 4.78 is 11.1. The molecule has 6 rings (SSSR count). The number of phenolic OH excluding ortho intramolecular Hbond substituents is 1. The Morgan fingerprint density at radius 2 is 1.33 bits per heavy atom. The average molecular weight is 432 g/mol. The smallest absolute Gasteiger partial charge is 0.344 e. The Hall–Kier alpha value is -4.64. The monoisotopic (exact) mass is 432 g/mol. The molecule has 0 aliphatic rings. The van der Waals surface area contributed by atoms with Crippen LogP contribution in [-0.4, -0.2) is 5.11 Å². The van der Waals surface area contributed by atoms with Crippen molar-refractivity contribution in [2.45, 2.75) is 0 Å². The third-order valence-electron chi connectivity index (χ3n) is 5.86. The second-order valence-electron chi connectivity index (χ2n) is 7.86. The van der Waals surface area contributed by atoms with Crippen molar-refractivity contribution in [2.24, 2.45) is 0 Å². The highest BCUT2D eigenvalue weighted by atomic mass is 16.4. The summed E-state index contributed by atoms with van der Waals surface area (Å²) in [5.41, 5.74) is 1.89. The quantitative estimate of drug-likeness (QED) is 0.335. The van der Waals surface area contributed by atoms with Gasteiger partial charge in [0.1, 0.15) is 16.9 Å². The maximum atomic E-state index is 12.8. The lowest BCUT2D eigenvalue weighted by molar-refractivity contribution is 0.473. The van der Waals surface area contributed by atoms with Gasteiger partial charge in [0.25, 0.3) is 0 Å². The summed E-state index contributed by atoms with van der Waals surface area (Å²) in [6.45, 7) is 0. The molecular weight excluding hydrogens is 416 g/mol. The standard InChI is InChI=1S/C28H16O5/c29-18-12-11-17-13-24(28(31)32-25(17)14-18)22-10-4-9-21-23(15-26(30)33-27(21)22)20-8-3-6-16-5-1-2-7-19(16)20/h1-15,29H. The van der Waals surface area contributed by atoms with Crippen LogP contribution in [0.5, 0.6) is 5.75 Å². The van der Waals surface area contributed by atoms with Crippen LogP contribution in [0.15, 0.2) is 109 Å². The zero-order valence-corrected chi connectivity index (χ0v) is 17.2. The SMILES string of the molecule is O=c1cc(-c2cccc3ccccc23)c2cccc(-c3cc4ccc(O)cc4oc3=O)c2o1. The maximum absolute atomic E-state index is 12.8. The van der Waals surface area contributed by atoms with Gasteiger partial charge in [-0.1, -0.05) is 60.7 Å². The Kier molecular flexibility index (Phi) is 4.17. The van der Waals surface area contributed by atoms with Gasteiger partial charge in [-0.25, -0.2) is 9.59 Å². The van der Waals surface area contributed by atoms with Gasteiger partial charge >= 0.3 is 11.3 Å². The second kappa shape index (κ2) is 7.21. The molecule has 5 nitrogen and oxygen atoms in total. The van der Waals surface area contributed by atoms with E-state index in [0.717, 1.165) is 21.9 Å². The molecule has 0 unspecified atom stereocenters. The van der Waals surface area contributed by atoms with Gasteiger partial charge in [-0.15, -0.1) is 0 Å². The summed E-state index contributed by atoms with van der Waals surface area (Å²) in [7, 11) is 0. The van der Waals surface area contributed by atoms with E-state index in [0.29, 0.717) is 21.9 Å². The van der Waals surface area contributed by atoms with Crippen LogP contribution in [-0.2, 0) is 0 Å². The first-order valence-electron chi connectivity index (χ1n) is 10.4. The van der Waals surface area contributed by atoms with E-state index in [1.54, 1.807) is 18.2 Å². The predicted molar refractivity (Wildman–Crippen MR) is 129 cm³/mol. The first-order valence-corrected chi connectivity index (χ1v) is 10.4. The fourth-order valence-corrected chi connectivity index (χ4v) is 4.37. The molecule has 0 amide bonds. The molecule has 0 bridgehead atoms. The van der Waals surface area contributed by atoms with Gasteiger partial charge in [0.05, 0.1) is 5.56 Å². The molecule has 2 heterocycles. The molecule has 0 saturated heterocycles. The van der Waals surface area contributed by atoms with Gasteiger partial charge in [0.2, 0.25) is 0 Å². The molecule has 0 aliphatic carbocycles. The second-order valence-corrected chi connectivity index (χ2v) is 7.86. The highest BCUT2D eigenvalue weighted by Crippen LogP contribution is 2.36. The van der Waals surface area contributed by atoms with E-state index in [2.05, 4.69) is 0 Å². The molecular formula is C28H16O5.